The number of rotatable bonds is 0. The van der Waals surface area contributed by atoms with E-state index in [0.717, 1.165) is 0 Å². The Morgan fingerprint density at radius 2 is 1.50 bits per heavy atom. The summed E-state index contributed by atoms with van der Waals surface area (Å²) in [6, 6.07) is 3.52. The molecule has 5 nitrogen and oxygen atoms in total. The molecule has 2 rings (SSSR count). The third-order valence-corrected chi connectivity index (χ3v) is 1.44. The average molecular weight is 161 g/mol. The summed E-state index contributed by atoms with van der Waals surface area (Å²) in [6.07, 6.45) is 6.64. The second-order valence-electron chi connectivity index (χ2n) is 2.22. The summed E-state index contributed by atoms with van der Waals surface area (Å²) in [5.74, 6) is 0.213. The van der Waals surface area contributed by atoms with Crippen LogP contribution in [-0.4, -0.2) is 25.5 Å². The van der Waals surface area contributed by atoms with Crippen LogP contribution >= 0.6 is 0 Å². The van der Waals surface area contributed by atoms with Crippen molar-refractivity contribution in [3.05, 3.63) is 36.9 Å². The molecule has 2 aromatic rings. The van der Waals surface area contributed by atoms with Crippen molar-refractivity contribution in [2.24, 2.45) is 0 Å². The van der Waals surface area contributed by atoms with Gasteiger partial charge in [-0.25, -0.2) is 9.36 Å². The summed E-state index contributed by atoms with van der Waals surface area (Å²) < 4.78 is 2.88. The first-order valence-corrected chi connectivity index (χ1v) is 3.46. The van der Waals surface area contributed by atoms with Crippen LogP contribution in [0.4, 0.5) is 0 Å². The van der Waals surface area contributed by atoms with Crippen molar-refractivity contribution in [1.82, 2.24) is 19.6 Å². The minimum absolute atomic E-state index is 0.213. The van der Waals surface area contributed by atoms with Gasteiger partial charge in [-0.15, -0.1) is 0 Å². The Morgan fingerprint density at radius 3 is 1.83 bits per heavy atom. The lowest BCUT2D eigenvalue weighted by atomic mass is 10.7. The summed E-state index contributed by atoms with van der Waals surface area (Å²) in [5.41, 5.74) is 0. The Bertz CT molecular complexity index is 322. The highest BCUT2D eigenvalue weighted by Crippen LogP contribution is 1.88. The van der Waals surface area contributed by atoms with E-state index in [2.05, 4.69) is 10.2 Å². The van der Waals surface area contributed by atoms with Crippen LogP contribution in [0.3, 0.4) is 0 Å². The SMILES string of the molecule is N=C(n1cccn1)n1cccn1. The zero-order valence-electron chi connectivity index (χ0n) is 6.25. The van der Waals surface area contributed by atoms with Crippen molar-refractivity contribution in [2.45, 2.75) is 0 Å². The highest BCUT2D eigenvalue weighted by Gasteiger charge is 2.00. The second-order valence-corrected chi connectivity index (χ2v) is 2.22. The van der Waals surface area contributed by atoms with E-state index in [0.29, 0.717) is 0 Å². The summed E-state index contributed by atoms with van der Waals surface area (Å²) in [5, 5.41) is 15.4. The van der Waals surface area contributed by atoms with E-state index in [1.807, 2.05) is 0 Å². The molecule has 12 heavy (non-hydrogen) atoms. The lowest BCUT2D eigenvalue weighted by molar-refractivity contribution is 0.807. The molecular formula is C7H7N5. The normalized spacial score (nSPS) is 10.0. The molecule has 0 atom stereocenters. The van der Waals surface area contributed by atoms with Gasteiger partial charge < -0.3 is 0 Å². The molecule has 1 N–H and O–H groups in total. The second kappa shape index (κ2) is 2.61. The predicted molar refractivity (Wildman–Crippen MR) is 43.0 cm³/mol. The van der Waals surface area contributed by atoms with Gasteiger partial charge >= 0.3 is 0 Å². The maximum atomic E-state index is 7.60. The Hall–Kier alpha value is -1.91. The number of aromatic nitrogens is 4. The zero-order chi connectivity index (χ0) is 8.39. The zero-order valence-corrected chi connectivity index (χ0v) is 6.25. The van der Waals surface area contributed by atoms with Gasteiger partial charge in [0.05, 0.1) is 0 Å². The van der Waals surface area contributed by atoms with Crippen LogP contribution in [-0.2, 0) is 0 Å². The molecule has 0 saturated carbocycles. The summed E-state index contributed by atoms with van der Waals surface area (Å²) in [7, 11) is 0. The third kappa shape index (κ3) is 1.01. The molecule has 0 bridgehead atoms. The molecule has 5 heteroatoms. The maximum Gasteiger partial charge on any atom is 0.244 e. The molecule has 0 spiro atoms. The highest BCUT2D eigenvalue weighted by molar-refractivity contribution is 5.79. The van der Waals surface area contributed by atoms with Gasteiger partial charge in [0.2, 0.25) is 5.96 Å². The molecule has 2 aromatic heterocycles. The van der Waals surface area contributed by atoms with E-state index >= 15 is 0 Å². The highest BCUT2D eigenvalue weighted by atomic mass is 15.4. The average Bonchev–Trinajstić information content (AvgIpc) is 2.77. The smallest absolute Gasteiger partial charge is 0.244 e. The van der Waals surface area contributed by atoms with Crippen molar-refractivity contribution < 1.29 is 0 Å². The fraction of sp³-hybridized carbons (Fsp3) is 0. The molecule has 0 saturated heterocycles. The van der Waals surface area contributed by atoms with Crippen molar-refractivity contribution in [2.75, 3.05) is 0 Å². The maximum absolute atomic E-state index is 7.60. The van der Waals surface area contributed by atoms with E-state index in [-0.39, 0.29) is 5.96 Å². The van der Waals surface area contributed by atoms with Crippen LogP contribution in [0, 0.1) is 5.41 Å². The molecule has 0 aromatic carbocycles. The van der Waals surface area contributed by atoms with E-state index in [1.165, 1.54) is 9.36 Å². The lowest BCUT2D eigenvalue weighted by Gasteiger charge is -2.01. The van der Waals surface area contributed by atoms with Crippen molar-refractivity contribution in [3.63, 3.8) is 0 Å². The Morgan fingerprint density at radius 1 is 1.00 bits per heavy atom. The molecule has 60 valence electrons. The van der Waals surface area contributed by atoms with E-state index < -0.39 is 0 Å². The van der Waals surface area contributed by atoms with Gasteiger partial charge in [-0.1, -0.05) is 0 Å². The molecule has 0 fully saturated rings. The van der Waals surface area contributed by atoms with Gasteiger partial charge in [0.1, 0.15) is 0 Å². The first-order valence-electron chi connectivity index (χ1n) is 3.46. The Kier molecular flexibility index (Phi) is 1.48. The number of hydrogen-bond acceptors (Lipinski definition) is 3. The molecule has 0 amide bonds. The van der Waals surface area contributed by atoms with Gasteiger partial charge in [0.25, 0.3) is 0 Å². The van der Waals surface area contributed by atoms with Crippen LogP contribution < -0.4 is 0 Å². The van der Waals surface area contributed by atoms with Gasteiger partial charge in [-0.05, 0) is 12.1 Å². The fourth-order valence-corrected chi connectivity index (χ4v) is 0.893. The van der Waals surface area contributed by atoms with Gasteiger partial charge in [0, 0.05) is 24.8 Å². The lowest BCUT2D eigenvalue weighted by Crippen LogP contribution is -2.20. The standard InChI is InChI=1S/C7H7N5/c8-7(11-5-1-3-9-11)12-6-2-4-10-12/h1-6,8H. The van der Waals surface area contributed by atoms with Crippen LogP contribution in [0.5, 0.6) is 0 Å². The molecule has 0 aliphatic carbocycles. The topological polar surface area (TPSA) is 59.5 Å². The first kappa shape index (κ1) is 6.78. The van der Waals surface area contributed by atoms with Crippen LogP contribution in [0.25, 0.3) is 0 Å². The van der Waals surface area contributed by atoms with Gasteiger partial charge in [-0.3, -0.25) is 5.41 Å². The molecule has 2 heterocycles. The molecule has 0 aliphatic heterocycles. The van der Waals surface area contributed by atoms with Gasteiger partial charge in [-0.2, -0.15) is 10.2 Å². The number of nitrogens with one attached hydrogen (secondary N) is 1. The fourth-order valence-electron chi connectivity index (χ4n) is 0.893. The summed E-state index contributed by atoms with van der Waals surface area (Å²) in [6.45, 7) is 0. The Balaban J connectivity index is 2.34. The van der Waals surface area contributed by atoms with Crippen LogP contribution in [0.2, 0.25) is 0 Å². The molecule has 0 aliphatic rings. The van der Waals surface area contributed by atoms with Crippen molar-refractivity contribution in [3.8, 4) is 0 Å². The molecular weight excluding hydrogens is 154 g/mol. The van der Waals surface area contributed by atoms with Crippen LogP contribution in [0.15, 0.2) is 36.9 Å². The van der Waals surface area contributed by atoms with E-state index in [4.69, 9.17) is 5.41 Å². The first-order chi connectivity index (χ1) is 5.88. The summed E-state index contributed by atoms with van der Waals surface area (Å²) in [4.78, 5) is 0. The van der Waals surface area contributed by atoms with Crippen LogP contribution in [0.1, 0.15) is 0 Å². The van der Waals surface area contributed by atoms with Gasteiger partial charge in [0.15, 0.2) is 0 Å². The minimum Gasteiger partial charge on any atom is -0.265 e. The monoisotopic (exact) mass is 161 g/mol. The Labute approximate surface area is 68.8 Å². The summed E-state index contributed by atoms with van der Waals surface area (Å²) >= 11 is 0. The largest absolute Gasteiger partial charge is 0.265 e. The van der Waals surface area contributed by atoms with E-state index in [1.54, 1.807) is 36.9 Å². The quantitative estimate of drug-likeness (QED) is 0.449. The predicted octanol–water partition coefficient (Wildman–Crippen LogP) is 0.411. The number of hydrogen-bond donors (Lipinski definition) is 1. The third-order valence-electron chi connectivity index (χ3n) is 1.44. The van der Waals surface area contributed by atoms with Crippen molar-refractivity contribution in [1.29, 1.82) is 5.41 Å². The number of nitrogens with zero attached hydrogens (tertiary/aromatic N) is 4. The van der Waals surface area contributed by atoms with Crippen molar-refractivity contribution >= 4 is 5.96 Å². The minimum atomic E-state index is 0.213. The molecule has 0 unspecified atom stereocenters. The van der Waals surface area contributed by atoms with E-state index in [9.17, 15) is 0 Å². The molecule has 0 radical (unpaired) electrons.